The average molecular weight is 197 g/mol. The van der Waals surface area contributed by atoms with Gasteiger partial charge in [0.2, 0.25) is 0 Å². The Hall–Kier alpha value is -1.85. The zero-order valence-electron chi connectivity index (χ0n) is 7.73. The van der Waals surface area contributed by atoms with Crippen LogP contribution in [0.4, 0.5) is 0 Å². The number of aliphatic carboxylic acids is 1. The molecule has 0 radical (unpaired) electrons. The predicted molar refractivity (Wildman–Crippen MR) is 47.8 cm³/mol. The monoisotopic (exact) mass is 197 g/mol. The topological polar surface area (TPSA) is 84.2 Å². The third-order valence-electron chi connectivity index (χ3n) is 1.59. The number of hydrogen-bond acceptors (Lipinski definition) is 3. The van der Waals surface area contributed by atoms with Gasteiger partial charge in [-0.1, -0.05) is 0 Å². The third-order valence-corrected chi connectivity index (χ3v) is 1.59. The summed E-state index contributed by atoms with van der Waals surface area (Å²) in [6.07, 6.45) is 2.91. The molecule has 0 aromatic carbocycles. The molecule has 0 spiro atoms. The van der Waals surface area contributed by atoms with Gasteiger partial charge in [0.1, 0.15) is 0 Å². The molecule has 2 N–H and O–H groups in total. The summed E-state index contributed by atoms with van der Waals surface area (Å²) < 4.78 is 1.51. The van der Waals surface area contributed by atoms with Gasteiger partial charge in [-0.05, 0) is 0 Å². The van der Waals surface area contributed by atoms with Crippen LogP contribution in [0.3, 0.4) is 0 Å². The Morgan fingerprint density at radius 3 is 2.86 bits per heavy atom. The Morgan fingerprint density at radius 2 is 2.36 bits per heavy atom. The molecule has 76 valence electrons. The highest BCUT2D eigenvalue weighted by Crippen LogP contribution is 1.95. The summed E-state index contributed by atoms with van der Waals surface area (Å²) in [5.74, 6) is -1.24. The van der Waals surface area contributed by atoms with E-state index in [4.69, 9.17) is 5.11 Å². The summed E-state index contributed by atoms with van der Waals surface area (Å²) in [6, 6.07) is 0. The highest BCUT2D eigenvalue weighted by Gasteiger charge is 2.07. The molecule has 6 heteroatoms. The largest absolute Gasteiger partial charge is 0.481 e. The van der Waals surface area contributed by atoms with Crippen molar-refractivity contribution in [3.63, 3.8) is 0 Å². The van der Waals surface area contributed by atoms with Gasteiger partial charge in [-0.2, -0.15) is 5.10 Å². The third kappa shape index (κ3) is 2.89. The van der Waals surface area contributed by atoms with Crippen LogP contribution in [0.1, 0.15) is 16.8 Å². The van der Waals surface area contributed by atoms with Crippen molar-refractivity contribution in [1.82, 2.24) is 15.1 Å². The van der Waals surface area contributed by atoms with E-state index in [9.17, 15) is 9.59 Å². The molecular weight excluding hydrogens is 186 g/mol. The van der Waals surface area contributed by atoms with Gasteiger partial charge in [0, 0.05) is 19.8 Å². The number of aryl methyl sites for hydroxylation is 1. The molecule has 1 amide bonds. The second-order valence-corrected chi connectivity index (χ2v) is 2.80. The maximum absolute atomic E-state index is 11.3. The second-order valence-electron chi connectivity index (χ2n) is 2.80. The lowest BCUT2D eigenvalue weighted by Gasteiger charge is -1.99. The van der Waals surface area contributed by atoms with Crippen LogP contribution in [-0.2, 0) is 11.8 Å². The first-order valence-corrected chi connectivity index (χ1v) is 4.08. The number of carbonyl (C=O) groups is 2. The Morgan fingerprint density at radius 1 is 1.64 bits per heavy atom. The molecule has 0 aliphatic rings. The summed E-state index contributed by atoms with van der Waals surface area (Å²) in [4.78, 5) is 21.4. The summed E-state index contributed by atoms with van der Waals surface area (Å²) in [5.41, 5.74) is 0.429. The van der Waals surface area contributed by atoms with Crippen molar-refractivity contribution in [1.29, 1.82) is 0 Å². The van der Waals surface area contributed by atoms with E-state index in [0.29, 0.717) is 5.56 Å². The van der Waals surface area contributed by atoms with Crippen molar-refractivity contribution in [3.8, 4) is 0 Å². The molecule has 0 saturated carbocycles. The minimum atomic E-state index is -0.934. The van der Waals surface area contributed by atoms with Crippen LogP contribution in [-0.4, -0.2) is 33.3 Å². The van der Waals surface area contributed by atoms with Crippen LogP contribution in [0, 0.1) is 0 Å². The molecular formula is C8H11N3O3. The number of carboxylic acid groups (broad SMARTS) is 1. The summed E-state index contributed by atoms with van der Waals surface area (Å²) in [5, 5.41) is 14.6. The molecule has 1 heterocycles. The van der Waals surface area contributed by atoms with Crippen molar-refractivity contribution in [3.05, 3.63) is 18.0 Å². The number of rotatable bonds is 4. The molecule has 0 fully saturated rings. The number of carbonyl (C=O) groups excluding carboxylic acids is 1. The number of amides is 1. The van der Waals surface area contributed by atoms with Crippen molar-refractivity contribution >= 4 is 11.9 Å². The van der Waals surface area contributed by atoms with E-state index in [1.54, 1.807) is 13.2 Å². The molecule has 1 rings (SSSR count). The van der Waals surface area contributed by atoms with Crippen molar-refractivity contribution in [2.45, 2.75) is 6.42 Å². The molecule has 0 unspecified atom stereocenters. The lowest BCUT2D eigenvalue weighted by atomic mass is 10.3. The smallest absolute Gasteiger partial charge is 0.305 e. The average Bonchev–Trinajstić information content (AvgIpc) is 2.51. The van der Waals surface area contributed by atoms with Crippen molar-refractivity contribution in [2.75, 3.05) is 6.54 Å². The number of nitrogens with one attached hydrogen (secondary N) is 1. The molecule has 0 saturated heterocycles. The first-order chi connectivity index (χ1) is 6.59. The van der Waals surface area contributed by atoms with Crippen LogP contribution >= 0.6 is 0 Å². The zero-order chi connectivity index (χ0) is 10.6. The lowest BCUT2D eigenvalue weighted by Crippen LogP contribution is -2.25. The maximum Gasteiger partial charge on any atom is 0.305 e. The summed E-state index contributed by atoms with van der Waals surface area (Å²) >= 11 is 0. The minimum Gasteiger partial charge on any atom is -0.481 e. The van der Waals surface area contributed by atoms with Crippen molar-refractivity contribution in [2.24, 2.45) is 7.05 Å². The Bertz CT molecular complexity index is 345. The predicted octanol–water partition coefficient (Wildman–Crippen LogP) is -0.375. The van der Waals surface area contributed by atoms with Gasteiger partial charge in [-0.15, -0.1) is 0 Å². The summed E-state index contributed by atoms with van der Waals surface area (Å²) in [7, 11) is 1.70. The summed E-state index contributed by atoms with van der Waals surface area (Å²) in [6.45, 7) is 0.128. The fraction of sp³-hybridized carbons (Fsp3) is 0.375. The van der Waals surface area contributed by atoms with Crippen LogP contribution < -0.4 is 5.32 Å². The Labute approximate surface area is 80.5 Å². The number of aromatic nitrogens is 2. The molecule has 1 aromatic heterocycles. The molecule has 14 heavy (non-hydrogen) atoms. The van der Waals surface area contributed by atoms with Crippen LogP contribution in [0.25, 0.3) is 0 Å². The highest BCUT2D eigenvalue weighted by atomic mass is 16.4. The van der Waals surface area contributed by atoms with E-state index in [-0.39, 0.29) is 18.9 Å². The first-order valence-electron chi connectivity index (χ1n) is 4.08. The fourth-order valence-electron chi connectivity index (χ4n) is 0.924. The van der Waals surface area contributed by atoms with E-state index >= 15 is 0 Å². The van der Waals surface area contributed by atoms with Gasteiger partial charge in [0.25, 0.3) is 5.91 Å². The van der Waals surface area contributed by atoms with Crippen molar-refractivity contribution < 1.29 is 14.7 Å². The standard InChI is InChI=1S/C8H11N3O3/c1-11-5-6(4-10-11)8(14)9-3-2-7(12)13/h4-5H,2-3H2,1H3,(H,9,14)(H,12,13). The van der Waals surface area contributed by atoms with E-state index < -0.39 is 5.97 Å². The number of hydrogen-bond donors (Lipinski definition) is 2. The number of carboxylic acids is 1. The van der Waals surface area contributed by atoms with Gasteiger partial charge in [-0.25, -0.2) is 0 Å². The van der Waals surface area contributed by atoms with Crippen LogP contribution in [0.2, 0.25) is 0 Å². The van der Waals surface area contributed by atoms with Gasteiger partial charge in [0.05, 0.1) is 18.2 Å². The quantitative estimate of drug-likeness (QED) is 0.689. The molecule has 6 nitrogen and oxygen atoms in total. The maximum atomic E-state index is 11.3. The van der Waals surface area contributed by atoms with Gasteiger partial charge in [0.15, 0.2) is 0 Å². The highest BCUT2D eigenvalue weighted by molar-refractivity contribution is 5.93. The van der Waals surface area contributed by atoms with Gasteiger partial charge >= 0.3 is 5.97 Å². The van der Waals surface area contributed by atoms with Crippen LogP contribution in [0.15, 0.2) is 12.4 Å². The lowest BCUT2D eigenvalue weighted by molar-refractivity contribution is -0.136. The molecule has 0 atom stereocenters. The normalized spacial score (nSPS) is 9.79. The Balaban J connectivity index is 2.39. The van der Waals surface area contributed by atoms with E-state index in [2.05, 4.69) is 10.4 Å². The van der Waals surface area contributed by atoms with Gasteiger partial charge in [-0.3, -0.25) is 14.3 Å². The molecule has 0 aliphatic heterocycles. The fourth-order valence-corrected chi connectivity index (χ4v) is 0.924. The second kappa shape index (κ2) is 4.40. The Kier molecular flexibility index (Phi) is 3.22. The van der Waals surface area contributed by atoms with Gasteiger partial charge < -0.3 is 10.4 Å². The minimum absolute atomic E-state index is 0.0774. The van der Waals surface area contributed by atoms with Crippen LogP contribution in [0.5, 0.6) is 0 Å². The van der Waals surface area contributed by atoms with E-state index in [0.717, 1.165) is 0 Å². The van der Waals surface area contributed by atoms with E-state index in [1.807, 2.05) is 0 Å². The molecule has 0 aliphatic carbocycles. The molecule has 1 aromatic rings. The SMILES string of the molecule is Cn1cc(C(=O)NCCC(=O)O)cn1. The first kappa shape index (κ1) is 10.2. The zero-order valence-corrected chi connectivity index (χ0v) is 7.73. The number of nitrogens with zero attached hydrogens (tertiary/aromatic N) is 2. The molecule has 0 bridgehead atoms. The van der Waals surface area contributed by atoms with E-state index in [1.165, 1.54) is 10.9 Å².